The summed E-state index contributed by atoms with van der Waals surface area (Å²) in [6, 6.07) is 8.48. The maximum atomic E-state index is 13.8. The van der Waals surface area contributed by atoms with Gasteiger partial charge in [-0.25, -0.2) is 8.78 Å². The molecule has 2 nitrogen and oxygen atoms in total. The Bertz CT molecular complexity index is 619. The summed E-state index contributed by atoms with van der Waals surface area (Å²) in [6.07, 6.45) is 0. The van der Waals surface area contributed by atoms with Gasteiger partial charge in [0.25, 0.3) is 0 Å². The van der Waals surface area contributed by atoms with Crippen LogP contribution in [-0.4, -0.2) is 6.61 Å². The fourth-order valence-corrected chi connectivity index (χ4v) is 2.55. The normalized spacial score (nSPS) is 12.2. The van der Waals surface area contributed by atoms with Gasteiger partial charge in [0.05, 0.1) is 12.6 Å². The molecular formula is C15H14BrF2NO. The molecule has 0 aliphatic carbocycles. The molecule has 20 heavy (non-hydrogen) atoms. The molecular weight excluding hydrogens is 328 g/mol. The first kappa shape index (κ1) is 14.9. The average Bonchev–Trinajstić information content (AvgIpc) is 2.42. The smallest absolute Gasteiger partial charge is 0.163 e. The van der Waals surface area contributed by atoms with Crippen molar-refractivity contribution < 1.29 is 13.5 Å². The van der Waals surface area contributed by atoms with E-state index in [1.54, 1.807) is 18.2 Å². The van der Waals surface area contributed by atoms with Crippen LogP contribution >= 0.6 is 15.9 Å². The van der Waals surface area contributed by atoms with Crippen molar-refractivity contribution in [2.75, 3.05) is 6.61 Å². The molecule has 0 fully saturated rings. The van der Waals surface area contributed by atoms with Crippen LogP contribution < -0.4 is 10.5 Å². The van der Waals surface area contributed by atoms with Crippen molar-refractivity contribution in [1.29, 1.82) is 0 Å². The predicted octanol–water partition coefficient (Wildman–Crippen LogP) is 4.17. The summed E-state index contributed by atoms with van der Waals surface area (Å²) in [6.45, 7) is 2.44. The van der Waals surface area contributed by atoms with Crippen molar-refractivity contribution in [3.63, 3.8) is 0 Å². The van der Waals surface area contributed by atoms with Crippen molar-refractivity contribution in [1.82, 2.24) is 0 Å². The second kappa shape index (κ2) is 6.33. The molecule has 2 aromatic rings. The van der Waals surface area contributed by atoms with Crippen molar-refractivity contribution in [2.45, 2.75) is 13.0 Å². The number of benzene rings is 2. The minimum absolute atomic E-state index is 0.120. The van der Waals surface area contributed by atoms with E-state index in [1.165, 1.54) is 12.1 Å². The fourth-order valence-electron chi connectivity index (χ4n) is 1.94. The van der Waals surface area contributed by atoms with Crippen molar-refractivity contribution in [3.05, 3.63) is 63.6 Å². The summed E-state index contributed by atoms with van der Waals surface area (Å²) in [7, 11) is 0. The molecule has 0 bridgehead atoms. The summed E-state index contributed by atoms with van der Waals surface area (Å²) >= 11 is 3.38. The van der Waals surface area contributed by atoms with Crippen LogP contribution in [0.1, 0.15) is 24.1 Å². The molecule has 5 heteroatoms. The SMILES string of the molecule is CCOc1ccc(C(N)c2cccc(F)c2F)c(Br)c1. The lowest BCUT2D eigenvalue weighted by Gasteiger charge is -2.16. The van der Waals surface area contributed by atoms with Crippen LogP contribution in [0.4, 0.5) is 8.78 Å². The molecule has 1 atom stereocenters. The van der Waals surface area contributed by atoms with Gasteiger partial charge in [-0.05, 0) is 30.7 Å². The molecule has 0 heterocycles. The number of rotatable bonds is 4. The van der Waals surface area contributed by atoms with Crippen LogP contribution in [0.15, 0.2) is 40.9 Å². The second-order valence-electron chi connectivity index (χ2n) is 4.24. The summed E-state index contributed by atoms with van der Waals surface area (Å²) in [4.78, 5) is 0. The molecule has 0 aliphatic heterocycles. The van der Waals surface area contributed by atoms with Gasteiger partial charge >= 0.3 is 0 Å². The Morgan fingerprint density at radius 1 is 1.20 bits per heavy atom. The van der Waals surface area contributed by atoms with Crippen LogP contribution in [0, 0.1) is 11.6 Å². The summed E-state index contributed by atoms with van der Waals surface area (Å²) in [5.74, 6) is -1.13. The summed E-state index contributed by atoms with van der Waals surface area (Å²) in [5, 5.41) is 0. The van der Waals surface area contributed by atoms with E-state index < -0.39 is 17.7 Å². The molecule has 0 radical (unpaired) electrons. The minimum Gasteiger partial charge on any atom is -0.494 e. The van der Waals surface area contributed by atoms with Gasteiger partial charge in [-0.3, -0.25) is 0 Å². The summed E-state index contributed by atoms with van der Waals surface area (Å²) < 4.78 is 33.1. The van der Waals surface area contributed by atoms with E-state index >= 15 is 0 Å². The second-order valence-corrected chi connectivity index (χ2v) is 5.09. The molecule has 0 amide bonds. The molecule has 0 aliphatic rings. The zero-order valence-corrected chi connectivity index (χ0v) is 12.5. The number of nitrogens with two attached hydrogens (primary N) is 1. The Morgan fingerprint density at radius 3 is 2.60 bits per heavy atom. The topological polar surface area (TPSA) is 35.2 Å². The molecule has 2 aromatic carbocycles. The van der Waals surface area contributed by atoms with E-state index in [-0.39, 0.29) is 5.56 Å². The van der Waals surface area contributed by atoms with Gasteiger partial charge < -0.3 is 10.5 Å². The Labute approximate surface area is 124 Å². The van der Waals surface area contributed by atoms with Crippen LogP contribution in [-0.2, 0) is 0 Å². The lowest BCUT2D eigenvalue weighted by atomic mass is 9.99. The number of halogens is 3. The summed E-state index contributed by atoms with van der Waals surface area (Å²) in [5.41, 5.74) is 6.82. The molecule has 2 rings (SSSR count). The van der Waals surface area contributed by atoms with Crippen LogP contribution in [0.2, 0.25) is 0 Å². The Hall–Kier alpha value is -1.46. The zero-order chi connectivity index (χ0) is 14.7. The maximum absolute atomic E-state index is 13.8. The van der Waals surface area contributed by atoms with E-state index in [1.807, 2.05) is 6.92 Å². The van der Waals surface area contributed by atoms with E-state index in [2.05, 4.69) is 15.9 Å². The van der Waals surface area contributed by atoms with Gasteiger partial charge in [0.1, 0.15) is 5.75 Å². The van der Waals surface area contributed by atoms with Gasteiger partial charge in [-0.2, -0.15) is 0 Å². The number of hydrogen-bond acceptors (Lipinski definition) is 2. The highest BCUT2D eigenvalue weighted by Crippen LogP contribution is 2.31. The Balaban J connectivity index is 2.38. The van der Waals surface area contributed by atoms with Gasteiger partial charge in [0.15, 0.2) is 11.6 Å². The lowest BCUT2D eigenvalue weighted by molar-refractivity contribution is 0.340. The van der Waals surface area contributed by atoms with E-state index in [9.17, 15) is 8.78 Å². The van der Waals surface area contributed by atoms with Gasteiger partial charge in [-0.15, -0.1) is 0 Å². The van der Waals surface area contributed by atoms with Gasteiger partial charge in [-0.1, -0.05) is 34.1 Å². The first-order chi connectivity index (χ1) is 9.54. The first-order valence-electron chi connectivity index (χ1n) is 6.16. The highest BCUT2D eigenvalue weighted by atomic mass is 79.9. The van der Waals surface area contributed by atoms with E-state index in [0.717, 1.165) is 6.07 Å². The monoisotopic (exact) mass is 341 g/mol. The van der Waals surface area contributed by atoms with E-state index in [0.29, 0.717) is 22.4 Å². The number of hydrogen-bond donors (Lipinski definition) is 1. The highest BCUT2D eigenvalue weighted by molar-refractivity contribution is 9.10. The van der Waals surface area contributed by atoms with Crippen LogP contribution in [0.3, 0.4) is 0 Å². The fraction of sp³-hybridized carbons (Fsp3) is 0.200. The Kier molecular flexibility index (Phi) is 4.73. The largest absolute Gasteiger partial charge is 0.494 e. The maximum Gasteiger partial charge on any atom is 0.163 e. The number of ether oxygens (including phenoxy) is 1. The average molecular weight is 342 g/mol. The van der Waals surface area contributed by atoms with Crippen molar-refractivity contribution in [2.24, 2.45) is 5.73 Å². The third kappa shape index (κ3) is 2.99. The lowest BCUT2D eigenvalue weighted by Crippen LogP contribution is -2.15. The standard InChI is InChI=1S/C15H14BrF2NO/c1-2-20-9-6-7-10(12(16)8-9)15(19)11-4-3-5-13(17)14(11)18/h3-8,15H,2,19H2,1H3. The van der Waals surface area contributed by atoms with Crippen molar-refractivity contribution >= 4 is 15.9 Å². The molecule has 2 N–H and O–H groups in total. The first-order valence-corrected chi connectivity index (χ1v) is 6.95. The van der Waals surface area contributed by atoms with Gasteiger partial charge in [0.2, 0.25) is 0 Å². The van der Waals surface area contributed by atoms with Gasteiger partial charge in [0, 0.05) is 10.0 Å². The highest BCUT2D eigenvalue weighted by Gasteiger charge is 2.18. The molecule has 0 aromatic heterocycles. The predicted molar refractivity (Wildman–Crippen MR) is 77.7 cm³/mol. The zero-order valence-electron chi connectivity index (χ0n) is 10.9. The Morgan fingerprint density at radius 2 is 1.95 bits per heavy atom. The third-order valence-electron chi connectivity index (χ3n) is 2.93. The third-order valence-corrected chi connectivity index (χ3v) is 3.62. The molecule has 0 saturated heterocycles. The van der Waals surface area contributed by atoms with Crippen LogP contribution in [0.5, 0.6) is 5.75 Å². The molecule has 0 spiro atoms. The molecule has 1 unspecified atom stereocenters. The molecule has 0 saturated carbocycles. The minimum atomic E-state index is -0.916. The van der Waals surface area contributed by atoms with E-state index in [4.69, 9.17) is 10.5 Å². The van der Waals surface area contributed by atoms with Crippen molar-refractivity contribution in [3.8, 4) is 5.75 Å². The quantitative estimate of drug-likeness (QED) is 0.905. The van der Waals surface area contributed by atoms with Crippen LogP contribution in [0.25, 0.3) is 0 Å². The molecule has 106 valence electrons.